The summed E-state index contributed by atoms with van der Waals surface area (Å²) in [4.78, 5) is 0. The second kappa shape index (κ2) is 2.75. The van der Waals surface area contributed by atoms with E-state index in [0.717, 1.165) is 0 Å². The first-order valence-corrected chi connectivity index (χ1v) is 4.12. The van der Waals surface area contributed by atoms with Crippen LogP contribution in [0.5, 0.6) is 11.5 Å². The van der Waals surface area contributed by atoms with E-state index in [-0.39, 0.29) is 6.29 Å². The first kappa shape index (κ1) is 7.55. The zero-order valence-electron chi connectivity index (χ0n) is 6.29. The number of ether oxygens (including phenoxy) is 2. The molecule has 2 rings (SSSR count). The van der Waals surface area contributed by atoms with Crippen LogP contribution >= 0.6 is 11.6 Å². The summed E-state index contributed by atoms with van der Waals surface area (Å²) >= 11 is 5.56. The van der Waals surface area contributed by atoms with Crippen molar-refractivity contribution in [2.75, 3.05) is 11.6 Å². The van der Waals surface area contributed by atoms with Gasteiger partial charge in [0.1, 0.15) is 0 Å². The summed E-state index contributed by atoms with van der Waals surface area (Å²) < 4.78 is 10.6. The van der Waals surface area contributed by atoms with Gasteiger partial charge >= 0.3 is 0 Å². The van der Waals surface area contributed by atoms with Gasteiger partial charge in [0.15, 0.2) is 11.5 Å². The molecule has 0 bridgehead atoms. The number of nitrogens with two attached hydrogens (primary N) is 1. The summed E-state index contributed by atoms with van der Waals surface area (Å²) in [5.74, 6) is 1.68. The zero-order valence-corrected chi connectivity index (χ0v) is 7.04. The van der Waals surface area contributed by atoms with Gasteiger partial charge in [-0.05, 0) is 12.1 Å². The molecule has 0 spiro atoms. The monoisotopic (exact) mass is 185 g/mol. The van der Waals surface area contributed by atoms with Gasteiger partial charge in [0.2, 0.25) is 0 Å². The van der Waals surface area contributed by atoms with Crippen LogP contribution in [0.25, 0.3) is 0 Å². The number of fused-ring (bicyclic) bond motifs is 1. The molecule has 1 aromatic rings. The van der Waals surface area contributed by atoms with Crippen LogP contribution in [0.4, 0.5) is 5.69 Å². The molecule has 3 nitrogen and oxygen atoms in total. The van der Waals surface area contributed by atoms with Crippen LogP contribution in [0.3, 0.4) is 0 Å². The number of anilines is 1. The summed E-state index contributed by atoms with van der Waals surface area (Å²) in [6.45, 7) is 0. The van der Waals surface area contributed by atoms with Crippen LogP contribution in [0.15, 0.2) is 18.2 Å². The highest BCUT2D eigenvalue weighted by Gasteiger charge is 2.22. The fraction of sp³-hybridized carbons (Fsp3) is 0.250. The van der Waals surface area contributed by atoms with E-state index < -0.39 is 0 Å². The van der Waals surface area contributed by atoms with E-state index in [1.54, 1.807) is 18.2 Å². The van der Waals surface area contributed by atoms with Crippen molar-refractivity contribution in [3.05, 3.63) is 18.2 Å². The minimum atomic E-state index is -0.372. The fourth-order valence-corrected chi connectivity index (χ4v) is 1.21. The van der Waals surface area contributed by atoms with Crippen molar-refractivity contribution < 1.29 is 9.47 Å². The average molecular weight is 186 g/mol. The maximum atomic E-state index is 5.56. The van der Waals surface area contributed by atoms with Gasteiger partial charge in [0.25, 0.3) is 6.29 Å². The second-order valence-electron chi connectivity index (χ2n) is 2.53. The molecule has 1 atom stereocenters. The molecule has 0 aromatic heterocycles. The van der Waals surface area contributed by atoms with Crippen molar-refractivity contribution in [2.45, 2.75) is 6.29 Å². The maximum absolute atomic E-state index is 5.56. The molecular formula is C8H8ClNO2. The van der Waals surface area contributed by atoms with E-state index in [2.05, 4.69) is 0 Å². The van der Waals surface area contributed by atoms with E-state index in [4.69, 9.17) is 26.8 Å². The van der Waals surface area contributed by atoms with E-state index in [9.17, 15) is 0 Å². The second-order valence-corrected chi connectivity index (χ2v) is 2.83. The molecule has 1 unspecified atom stereocenters. The van der Waals surface area contributed by atoms with Crippen molar-refractivity contribution in [3.63, 3.8) is 0 Å². The summed E-state index contributed by atoms with van der Waals surface area (Å²) in [5, 5.41) is 0. The Morgan fingerprint density at radius 1 is 1.33 bits per heavy atom. The smallest absolute Gasteiger partial charge is 0.254 e. The highest BCUT2D eigenvalue weighted by atomic mass is 35.5. The Balaban J connectivity index is 2.30. The largest absolute Gasteiger partial charge is 0.450 e. The SMILES string of the molecule is Nc1ccc2c(c1)OC(CCl)O2. The van der Waals surface area contributed by atoms with Gasteiger partial charge in [0, 0.05) is 11.8 Å². The first-order chi connectivity index (χ1) is 5.79. The Hall–Kier alpha value is -1.09. The van der Waals surface area contributed by atoms with Gasteiger partial charge in [-0.3, -0.25) is 0 Å². The maximum Gasteiger partial charge on any atom is 0.254 e. The zero-order chi connectivity index (χ0) is 8.55. The lowest BCUT2D eigenvalue weighted by Gasteiger charge is -2.03. The predicted octanol–water partition coefficient (Wildman–Crippen LogP) is 1.60. The summed E-state index contributed by atoms with van der Waals surface area (Å²) in [7, 11) is 0. The van der Waals surface area contributed by atoms with Crippen LogP contribution in [0, 0.1) is 0 Å². The van der Waals surface area contributed by atoms with Crippen molar-refractivity contribution in [1.29, 1.82) is 0 Å². The van der Waals surface area contributed by atoms with Crippen molar-refractivity contribution in [1.82, 2.24) is 0 Å². The number of benzene rings is 1. The predicted molar refractivity (Wildman–Crippen MR) is 46.6 cm³/mol. The van der Waals surface area contributed by atoms with Gasteiger partial charge in [-0.15, -0.1) is 11.6 Å². The standard InChI is InChI=1S/C8H8ClNO2/c9-4-8-11-6-2-1-5(10)3-7(6)12-8/h1-3,8H,4,10H2. The highest BCUT2D eigenvalue weighted by Crippen LogP contribution is 2.36. The van der Waals surface area contributed by atoms with Crippen LogP contribution in [0.1, 0.15) is 0 Å². The quantitative estimate of drug-likeness (QED) is 0.534. The lowest BCUT2D eigenvalue weighted by atomic mass is 10.3. The molecule has 1 aliphatic rings. The normalized spacial score (nSPS) is 19.6. The van der Waals surface area contributed by atoms with Crippen molar-refractivity contribution in [3.8, 4) is 11.5 Å². The minimum Gasteiger partial charge on any atom is -0.450 e. The topological polar surface area (TPSA) is 44.5 Å². The molecule has 4 heteroatoms. The Morgan fingerprint density at radius 3 is 2.83 bits per heavy atom. The van der Waals surface area contributed by atoms with Crippen LogP contribution < -0.4 is 15.2 Å². The molecule has 12 heavy (non-hydrogen) atoms. The van der Waals surface area contributed by atoms with Gasteiger partial charge in [-0.2, -0.15) is 0 Å². The Morgan fingerprint density at radius 2 is 2.08 bits per heavy atom. The third-order valence-corrected chi connectivity index (χ3v) is 1.86. The lowest BCUT2D eigenvalue weighted by molar-refractivity contribution is 0.0711. The minimum absolute atomic E-state index is 0.314. The molecule has 0 saturated heterocycles. The molecule has 1 heterocycles. The number of rotatable bonds is 1. The number of hydrogen-bond acceptors (Lipinski definition) is 3. The molecule has 64 valence electrons. The number of halogens is 1. The van der Waals surface area contributed by atoms with E-state index >= 15 is 0 Å². The van der Waals surface area contributed by atoms with Crippen LogP contribution in [-0.4, -0.2) is 12.2 Å². The summed E-state index contributed by atoms with van der Waals surface area (Å²) in [5.41, 5.74) is 6.21. The summed E-state index contributed by atoms with van der Waals surface area (Å²) in [6.07, 6.45) is -0.372. The molecule has 0 fully saturated rings. The van der Waals surface area contributed by atoms with Gasteiger partial charge in [-0.1, -0.05) is 0 Å². The van der Waals surface area contributed by atoms with E-state index in [1.807, 2.05) is 0 Å². The molecule has 0 saturated carbocycles. The molecule has 0 radical (unpaired) electrons. The molecule has 0 aliphatic carbocycles. The van der Waals surface area contributed by atoms with Gasteiger partial charge in [0.05, 0.1) is 5.88 Å². The third-order valence-electron chi connectivity index (χ3n) is 1.61. The Labute approximate surface area is 75.0 Å². The molecule has 1 aliphatic heterocycles. The number of alkyl halides is 1. The molecular weight excluding hydrogens is 178 g/mol. The van der Waals surface area contributed by atoms with Crippen molar-refractivity contribution >= 4 is 17.3 Å². The van der Waals surface area contributed by atoms with Gasteiger partial charge < -0.3 is 15.2 Å². The molecule has 2 N–H and O–H groups in total. The Kier molecular flexibility index (Phi) is 1.73. The van der Waals surface area contributed by atoms with Crippen LogP contribution in [-0.2, 0) is 0 Å². The van der Waals surface area contributed by atoms with Gasteiger partial charge in [-0.25, -0.2) is 0 Å². The first-order valence-electron chi connectivity index (χ1n) is 3.58. The van der Waals surface area contributed by atoms with E-state index in [0.29, 0.717) is 23.1 Å². The van der Waals surface area contributed by atoms with E-state index in [1.165, 1.54) is 0 Å². The fourth-order valence-electron chi connectivity index (χ4n) is 1.08. The number of hydrogen-bond donors (Lipinski definition) is 1. The van der Waals surface area contributed by atoms with Crippen molar-refractivity contribution in [2.24, 2.45) is 0 Å². The third kappa shape index (κ3) is 1.16. The molecule has 1 aromatic carbocycles. The molecule has 0 amide bonds. The number of nitrogen functional groups attached to an aromatic ring is 1. The van der Waals surface area contributed by atoms with Crippen LogP contribution in [0.2, 0.25) is 0 Å². The lowest BCUT2D eigenvalue weighted by Crippen LogP contribution is -2.19. The summed E-state index contributed by atoms with van der Waals surface area (Å²) in [6, 6.07) is 5.26. The Bertz CT molecular complexity index is 303. The average Bonchev–Trinajstić information content (AvgIpc) is 2.46. The highest BCUT2D eigenvalue weighted by molar-refractivity contribution is 6.18.